The van der Waals surface area contributed by atoms with Crippen LogP contribution in [0.25, 0.3) is 10.9 Å². The molecule has 0 spiro atoms. The molecular weight excluding hydrogens is 414 g/mol. The fourth-order valence-electron chi connectivity index (χ4n) is 4.16. The highest BCUT2D eigenvalue weighted by Crippen LogP contribution is 2.29. The number of carbonyl (C=O) groups is 1. The highest BCUT2D eigenvalue weighted by Gasteiger charge is 2.31. The Hall–Kier alpha value is -2.36. The van der Waals surface area contributed by atoms with Crippen molar-refractivity contribution in [2.75, 3.05) is 18.4 Å². The number of aromatic amines is 1. The molecule has 7 nitrogen and oxygen atoms in total. The number of hydrogen-bond acceptors (Lipinski definition) is 5. The van der Waals surface area contributed by atoms with Crippen LogP contribution in [0.1, 0.15) is 37.9 Å². The molecule has 0 radical (unpaired) electrons. The maximum absolute atomic E-state index is 14.5. The topological polar surface area (TPSA) is 98.3 Å². The number of hydrogen-bond donors (Lipinski definition) is 3. The average Bonchev–Trinajstić information content (AvgIpc) is 3.19. The SMILES string of the molecule is O=C(O)N1CC[C@H](SCc2nc3cc(NC4CCCC4)cc(F)c3c(=O)[nH]2)[C@H](F)C1. The average molecular weight is 439 g/mol. The van der Waals surface area contributed by atoms with Gasteiger partial charge in [-0.1, -0.05) is 12.8 Å². The lowest BCUT2D eigenvalue weighted by molar-refractivity contribution is 0.110. The Bertz CT molecular complexity index is 996. The number of alkyl halides is 1. The number of benzene rings is 1. The van der Waals surface area contributed by atoms with Gasteiger partial charge in [0.1, 0.15) is 23.2 Å². The maximum Gasteiger partial charge on any atom is 0.407 e. The zero-order chi connectivity index (χ0) is 21.3. The maximum atomic E-state index is 14.5. The molecule has 0 unspecified atom stereocenters. The van der Waals surface area contributed by atoms with E-state index in [-0.39, 0.29) is 35.0 Å². The minimum atomic E-state index is -1.29. The van der Waals surface area contributed by atoms with Crippen LogP contribution < -0.4 is 10.9 Å². The standard InChI is InChI=1S/C20H24F2N4O3S/c21-13-7-12(23-11-3-1-2-4-11)8-15-18(13)19(27)25-17(24-15)10-30-16-5-6-26(20(28)29)9-14(16)22/h7-8,11,14,16,23H,1-6,9-10H2,(H,28,29)(H,24,25,27)/t14-,16+/m1/s1. The Morgan fingerprint density at radius 3 is 2.80 bits per heavy atom. The molecule has 2 heterocycles. The molecule has 1 aromatic heterocycles. The Labute approximate surface area is 176 Å². The Balaban J connectivity index is 1.49. The number of carboxylic acid groups (broad SMARTS) is 1. The zero-order valence-corrected chi connectivity index (χ0v) is 17.2. The Morgan fingerprint density at radius 2 is 2.10 bits per heavy atom. The summed E-state index contributed by atoms with van der Waals surface area (Å²) in [6.07, 6.45) is 2.35. The van der Waals surface area contributed by atoms with Gasteiger partial charge in [0.05, 0.1) is 17.8 Å². The summed E-state index contributed by atoms with van der Waals surface area (Å²) in [5, 5.41) is 11.8. The number of nitrogens with zero attached hydrogens (tertiary/aromatic N) is 2. The van der Waals surface area contributed by atoms with Crippen LogP contribution in [0.2, 0.25) is 0 Å². The van der Waals surface area contributed by atoms with Crippen molar-refractivity contribution in [3.8, 4) is 0 Å². The van der Waals surface area contributed by atoms with E-state index in [1.807, 2.05) is 0 Å². The molecule has 2 aliphatic rings. The highest BCUT2D eigenvalue weighted by molar-refractivity contribution is 7.99. The van der Waals surface area contributed by atoms with Crippen LogP contribution in [0.15, 0.2) is 16.9 Å². The highest BCUT2D eigenvalue weighted by atomic mass is 32.2. The summed E-state index contributed by atoms with van der Waals surface area (Å²) in [6, 6.07) is 3.32. The third kappa shape index (κ3) is 4.53. The van der Waals surface area contributed by atoms with E-state index in [1.165, 1.54) is 17.8 Å². The number of likely N-dealkylation sites (tertiary alicyclic amines) is 1. The first-order chi connectivity index (χ1) is 14.4. The summed E-state index contributed by atoms with van der Waals surface area (Å²) < 4.78 is 28.9. The van der Waals surface area contributed by atoms with Crippen molar-refractivity contribution in [2.45, 2.75) is 55.3 Å². The smallest absolute Gasteiger partial charge is 0.407 e. The van der Waals surface area contributed by atoms with E-state index in [0.29, 0.717) is 24.0 Å². The predicted molar refractivity (Wildman–Crippen MR) is 112 cm³/mol. The van der Waals surface area contributed by atoms with Gasteiger partial charge in [-0.2, -0.15) is 0 Å². The Morgan fingerprint density at radius 1 is 1.33 bits per heavy atom. The number of halogens is 2. The van der Waals surface area contributed by atoms with Crippen molar-refractivity contribution in [1.29, 1.82) is 0 Å². The zero-order valence-electron chi connectivity index (χ0n) is 16.4. The van der Waals surface area contributed by atoms with Gasteiger partial charge in [-0.25, -0.2) is 18.6 Å². The van der Waals surface area contributed by atoms with Gasteiger partial charge in [0, 0.05) is 23.5 Å². The second-order valence-corrected chi connectivity index (χ2v) is 9.10. The van der Waals surface area contributed by atoms with Crippen molar-refractivity contribution in [3.63, 3.8) is 0 Å². The molecule has 4 rings (SSSR count). The number of fused-ring (bicyclic) bond motifs is 1. The number of rotatable bonds is 5. The first-order valence-electron chi connectivity index (χ1n) is 10.1. The van der Waals surface area contributed by atoms with Crippen molar-refractivity contribution in [1.82, 2.24) is 14.9 Å². The molecule has 1 amide bonds. The van der Waals surface area contributed by atoms with Gasteiger partial charge < -0.3 is 20.3 Å². The normalized spacial score (nSPS) is 22.5. The number of piperidine rings is 1. The summed E-state index contributed by atoms with van der Waals surface area (Å²) in [4.78, 5) is 31.4. The van der Waals surface area contributed by atoms with E-state index in [1.54, 1.807) is 6.07 Å². The molecular formula is C20H24F2N4O3S. The molecule has 3 N–H and O–H groups in total. The lowest BCUT2D eigenvalue weighted by atomic mass is 10.1. The van der Waals surface area contributed by atoms with Crippen LogP contribution in [0.5, 0.6) is 0 Å². The van der Waals surface area contributed by atoms with Gasteiger partial charge in [-0.3, -0.25) is 4.79 Å². The lowest BCUT2D eigenvalue weighted by Gasteiger charge is -2.32. The summed E-state index contributed by atoms with van der Waals surface area (Å²) in [5.74, 6) is -0.0146. The molecule has 162 valence electrons. The minimum Gasteiger partial charge on any atom is -0.465 e. The molecule has 1 aromatic carbocycles. The van der Waals surface area contributed by atoms with Gasteiger partial charge in [-0.15, -0.1) is 11.8 Å². The fourth-order valence-corrected chi connectivity index (χ4v) is 5.24. The van der Waals surface area contributed by atoms with E-state index in [4.69, 9.17) is 5.11 Å². The molecule has 1 saturated carbocycles. The largest absolute Gasteiger partial charge is 0.465 e. The number of H-pyrrole nitrogens is 1. The van der Waals surface area contributed by atoms with Crippen LogP contribution in [-0.4, -0.2) is 56.6 Å². The molecule has 2 atom stereocenters. The van der Waals surface area contributed by atoms with Crippen molar-refractivity contribution >= 4 is 34.4 Å². The van der Waals surface area contributed by atoms with Gasteiger partial charge in [0.2, 0.25) is 0 Å². The van der Waals surface area contributed by atoms with Gasteiger partial charge >= 0.3 is 6.09 Å². The van der Waals surface area contributed by atoms with E-state index in [2.05, 4.69) is 15.3 Å². The van der Waals surface area contributed by atoms with Crippen LogP contribution in [0.4, 0.5) is 19.3 Å². The van der Waals surface area contributed by atoms with Gasteiger partial charge in [0.25, 0.3) is 5.56 Å². The summed E-state index contributed by atoms with van der Waals surface area (Å²) >= 11 is 1.29. The van der Waals surface area contributed by atoms with Crippen LogP contribution in [0, 0.1) is 5.82 Å². The first kappa shape index (κ1) is 20.9. The first-order valence-corrected chi connectivity index (χ1v) is 11.2. The molecule has 2 aromatic rings. The summed E-state index contributed by atoms with van der Waals surface area (Å²) in [6.45, 7) is 0.118. The number of nitrogens with one attached hydrogen (secondary N) is 2. The lowest BCUT2D eigenvalue weighted by Crippen LogP contribution is -2.45. The van der Waals surface area contributed by atoms with E-state index >= 15 is 0 Å². The number of amides is 1. The summed E-state index contributed by atoms with van der Waals surface area (Å²) in [7, 11) is 0. The number of thioether (sulfide) groups is 1. The molecule has 2 fully saturated rings. The van der Waals surface area contributed by atoms with Crippen LogP contribution in [0.3, 0.4) is 0 Å². The number of anilines is 1. The molecule has 10 heteroatoms. The van der Waals surface area contributed by atoms with Crippen molar-refractivity contribution in [2.24, 2.45) is 0 Å². The van der Waals surface area contributed by atoms with E-state index < -0.39 is 23.6 Å². The summed E-state index contributed by atoms with van der Waals surface area (Å²) in [5.41, 5.74) is 0.318. The quantitative estimate of drug-likeness (QED) is 0.658. The monoisotopic (exact) mass is 438 g/mol. The Kier molecular flexibility index (Phi) is 6.12. The van der Waals surface area contributed by atoms with Crippen LogP contribution >= 0.6 is 11.8 Å². The second kappa shape index (κ2) is 8.79. The van der Waals surface area contributed by atoms with Crippen molar-refractivity contribution in [3.05, 3.63) is 34.1 Å². The van der Waals surface area contributed by atoms with Gasteiger partial charge in [-0.05, 0) is 31.4 Å². The van der Waals surface area contributed by atoms with Crippen molar-refractivity contribution < 1.29 is 18.7 Å². The second-order valence-electron chi connectivity index (χ2n) is 7.87. The third-order valence-electron chi connectivity index (χ3n) is 5.72. The van der Waals surface area contributed by atoms with E-state index in [0.717, 1.165) is 30.6 Å². The molecule has 30 heavy (non-hydrogen) atoms. The molecule has 1 aliphatic heterocycles. The van der Waals surface area contributed by atoms with E-state index in [9.17, 15) is 18.4 Å². The molecule has 0 bridgehead atoms. The fraction of sp³-hybridized carbons (Fsp3) is 0.550. The van der Waals surface area contributed by atoms with Crippen LogP contribution in [-0.2, 0) is 5.75 Å². The number of aromatic nitrogens is 2. The molecule has 1 saturated heterocycles. The molecule has 1 aliphatic carbocycles. The minimum absolute atomic E-state index is 0.0844. The predicted octanol–water partition coefficient (Wildman–Crippen LogP) is 3.74. The third-order valence-corrected chi connectivity index (χ3v) is 7.12. The van der Waals surface area contributed by atoms with Gasteiger partial charge in [0.15, 0.2) is 0 Å².